The zero-order chi connectivity index (χ0) is 51.4. The van der Waals surface area contributed by atoms with Gasteiger partial charge in [-0.15, -0.1) is 69.1 Å². The topological polar surface area (TPSA) is 0 Å². The fraction of sp³-hybridized carbons (Fsp3) is 0.333. The molecule has 67 heavy (non-hydrogen) atoms. The zero-order valence-electron chi connectivity index (χ0n) is 35.2. The number of benzene rings is 4. The van der Waals surface area contributed by atoms with Crippen molar-refractivity contribution in [2.24, 2.45) is 0 Å². The first-order chi connectivity index (χ1) is 30.7. The number of aryl methyl sites for hydroxylation is 1. The van der Waals surface area contributed by atoms with E-state index in [1.54, 1.807) is 49.4 Å². The Hall–Kier alpha value is -3.48. The summed E-state index contributed by atoms with van der Waals surface area (Å²) < 4.78 is 239. The summed E-state index contributed by atoms with van der Waals surface area (Å²) in [4.78, 5) is 0. The molecule has 0 saturated carbocycles. The third kappa shape index (κ3) is 11.6. The molecule has 6 aromatic rings. The second-order valence-corrected chi connectivity index (χ2v) is 19.7. The van der Waals surface area contributed by atoms with Gasteiger partial charge in [0.15, 0.2) is 0 Å². The summed E-state index contributed by atoms with van der Waals surface area (Å²) in [6, 6.07) is 21.8. The molecule has 0 fully saturated rings. The minimum absolute atomic E-state index is 0.199. The number of fused-ring (bicyclic) bond motifs is 2. The van der Waals surface area contributed by atoms with Crippen LogP contribution in [0.2, 0.25) is 13.1 Å². The molecule has 0 aliphatic heterocycles. The predicted octanol–water partition coefficient (Wildman–Crippen LogP) is 18.3. The van der Waals surface area contributed by atoms with Gasteiger partial charge in [0.25, 0.3) is 10.8 Å². The van der Waals surface area contributed by atoms with E-state index in [0.717, 1.165) is 62.1 Å². The van der Waals surface area contributed by atoms with Crippen molar-refractivity contribution in [1.82, 2.24) is 0 Å². The van der Waals surface area contributed by atoms with E-state index in [0.29, 0.717) is 21.9 Å². The van der Waals surface area contributed by atoms with Gasteiger partial charge in [-0.3, -0.25) is 0 Å². The summed E-state index contributed by atoms with van der Waals surface area (Å²) in [5.41, 5.74) is -12.5. The van der Waals surface area contributed by atoms with Crippen molar-refractivity contribution in [2.75, 3.05) is 0 Å². The Bertz CT molecular complexity index is 2430. The van der Waals surface area contributed by atoms with E-state index in [-0.39, 0.29) is 41.3 Å². The molecule has 0 heterocycles. The second kappa shape index (κ2) is 21.7. The Morgan fingerprint density at radius 1 is 0.507 bits per heavy atom. The molecule has 0 N–H and O–H groups in total. The molecule has 2 radical (unpaired) electrons. The number of halogens is 20. The summed E-state index contributed by atoms with van der Waals surface area (Å²) in [7, 11) is 11.0. The zero-order valence-corrected chi connectivity index (χ0v) is 40.2. The van der Waals surface area contributed by atoms with Crippen LogP contribution in [-0.4, -0.2) is 46.6 Å². The van der Waals surface area contributed by atoms with Gasteiger partial charge in [0, 0.05) is 9.52 Å². The Morgan fingerprint density at radius 3 is 1.10 bits per heavy atom. The van der Waals surface area contributed by atoms with Crippen LogP contribution in [0.5, 0.6) is 0 Å². The van der Waals surface area contributed by atoms with E-state index in [1.165, 1.54) is 0 Å². The fourth-order valence-electron chi connectivity index (χ4n) is 7.41. The van der Waals surface area contributed by atoms with E-state index in [1.807, 2.05) is 32.0 Å². The van der Waals surface area contributed by atoms with Crippen molar-refractivity contribution < 1.29 is 99.9 Å². The van der Waals surface area contributed by atoms with Gasteiger partial charge in [0.05, 0.1) is 0 Å². The van der Waals surface area contributed by atoms with Crippen LogP contribution >= 0.6 is 17.0 Å². The second-order valence-electron chi connectivity index (χ2n) is 15.0. The van der Waals surface area contributed by atoms with Crippen molar-refractivity contribution in [2.45, 2.75) is 94.1 Å². The molecule has 6 aromatic carbocycles. The monoisotopic (exact) mass is 1110 g/mol. The van der Waals surface area contributed by atoms with Crippen molar-refractivity contribution in [1.29, 1.82) is 0 Å². The van der Waals surface area contributed by atoms with Gasteiger partial charge in [-0.05, 0) is 28.2 Å². The summed E-state index contributed by atoms with van der Waals surface area (Å²) in [5, 5.41) is 3.01. The molecule has 6 rings (SSSR count). The third-order valence-electron chi connectivity index (χ3n) is 10.7. The van der Waals surface area contributed by atoms with E-state index in [9.17, 15) is 79.0 Å². The SMILES string of the molecule is CCC(C)c1cc2c(-c3ccc(C(C(F)(F)F)(C(F)(F)F)C(F)(F)F)cc3)cccc2[cH-]1.C[Si]C.Cc1cc2c(-c3ccc(C(C(F)(F)F)(C(F)(F)F)C(F)(F)F)cc3)cccc2[cH-]1.[Cl][Zr+2][Cl]. The van der Waals surface area contributed by atoms with Crippen LogP contribution in [0.25, 0.3) is 43.8 Å². The molecular formula is C45H36Cl2F18SiZr. The molecule has 0 nitrogen and oxygen atoms in total. The molecule has 1 atom stereocenters. The Labute approximate surface area is 393 Å². The van der Waals surface area contributed by atoms with Crippen LogP contribution in [0.4, 0.5) is 79.0 Å². The fourth-order valence-corrected chi connectivity index (χ4v) is 7.41. The average molecular weight is 1110 g/mol. The molecule has 0 saturated heterocycles. The molecule has 0 aliphatic rings. The van der Waals surface area contributed by atoms with Gasteiger partial charge < -0.3 is 0 Å². The van der Waals surface area contributed by atoms with Crippen molar-refractivity contribution >= 4 is 48.1 Å². The Balaban J connectivity index is 0.000000319. The molecule has 1 unspecified atom stereocenters. The molecule has 0 aliphatic carbocycles. The number of rotatable bonds is 6. The average Bonchev–Trinajstić information content (AvgIpc) is 3.79. The first kappa shape index (κ1) is 57.8. The van der Waals surface area contributed by atoms with Crippen LogP contribution in [0, 0.1) is 6.92 Å². The van der Waals surface area contributed by atoms with Crippen molar-refractivity contribution in [3.8, 4) is 22.3 Å². The van der Waals surface area contributed by atoms with E-state index in [4.69, 9.17) is 17.0 Å². The van der Waals surface area contributed by atoms with Gasteiger partial charge in [0.2, 0.25) is 0 Å². The molecule has 0 bridgehead atoms. The minimum atomic E-state index is -6.64. The molecule has 22 heteroatoms. The molecule has 0 amide bonds. The van der Waals surface area contributed by atoms with Crippen LogP contribution in [0.1, 0.15) is 48.4 Å². The van der Waals surface area contributed by atoms with Gasteiger partial charge >= 0.3 is 74.9 Å². The standard InChI is InChI=1S/C23H18F9.C20H12F9.C2H6Si.2ClH.Zr/c1-3-13(2)16-11-15-5-4-6-18(19(15)12-16)14-7-9-17(10-8-14)20(21(24,25)26,22(27,28)29)23(30,31)32;1-11-9-13-3-2-4-15(16(13)10-11)12-5-7-14(8-6-12)17(18(21,22)23,19(24,25)26)20(27,28)29;1-3-2;;;/h4-13H,3H2,1-2H3;2-10H,1H3;1-2H3;2*1H;/q2*-1;;;;+4/p-2. The normalized spacial score (nSPS) is 13.4. The van der Waals surface area contributed by atoms with Crippen LogP contribution in [0.15, 0.2) is 109 Å². The Morgan fingerprint density at radius 2 is 0.806 bits per heavy atom. The molecule has 0 aromatic heterocycles. The number of hydrogen-bond acceptors (Lipinski definition) is 0. The number of alkyl halides is 18. The molecular weight excluding hydrogens is 1070 g/mol. The first-order valence-corrected chi connectivity index (χ1v) is 27.5. The Kier molecular flexibility index (Phi) is 18.7. The van der Waals surface area contributed by atoms with Crippen molar-refractivity contribution in [3.63, 3.8) is 0 Å². The van der Waals surface area contributed by atoms with Crippen molar-refractivity contribution in [3.05, 3.63) is 131 Å². The van der Waals surface area contributed by atoms with Gasteiger partial charge in [0.1, 0.15) is 0 Å². The van der Waals surface area contributed by atoms with Gasteiger partial charge in [-0.1, -0.05) is 112 Å². The maximum atomic E-state index is 13.4. The van der Waals surface area contributed by atoms with Crippen LogP contribution < -0.4 is 0 Å². The third-order valence-corrected chi connectivity index (χ3v) is 10.7. The molecule has 364 valence electrons. The maximum absolute atomic E-state index is 13.4. The quantitative estimate of drug-likeness (QED) is 0.0886. The van der Waals surface area contributed by atoms with E-state index >= 15 is 0 Å². The first-order valence-electron chi connectivity index (χ1n) is 19.2. The van der Waals surface area contributed by atoms with E-state index in [2.05, 4.69) is 13.1 Å². The summed E-state index contributed by atoms with van der Waals surface area (Å²) in [5.74, 6) is 0.226. The van der Waals surface area contributed by atoms with Crippen LogP contribution in [0.3, 0.4) is 0 Å². The van der Waals surface area contributed by atoms with Gasteiger partial charge in [-0.25, -0.2) is 0 Å². The van der Waals surface area contributed by atoms with Gasteiger partial charge in [-0.2, -0.15) is 91.2 Å². The predicted molar refractivity (Wildman–Crippen MR) is 222 cm³/mol. The van der Waals surface area contributed by atoms with E-state index < -0.39 is 79.9 Å². The summed E-state index contributed by atoms with van der Waals surface area (Å²) in [6.07, 6.45) is -38.9. The molecule has 0 spiro atoms. The number of hydrogen-bond donors (Lipinski definition) is 0. The summed E-state index contributed by atoms with van der Waals surface area (Å²) >= 11 is -0.826. The van der Waals surface area contributed by atoms with Crippen LogP contribution in [-0.2, 0) is 31.7 Å². The summed E-state index contributed by atoms with van der Waals surface area (Å²) in [6.45, 7) is 10.1.